The molecule has 3 aromatic rings. The van der Waals surface area contributed by atoms with E-state index in [1.54, 1.807) is 17.5 Å². The third kappa shape index (κ3) is 3.78. The molecule has 0 spiro atoms. The van der Waals surface area contributed by atoms with Crippen molar-refractivity contribution in [2.24, 2.45) is 5.92 Å². The van der Waals surface area contributed by atoms with Crippen LogP contribution in [0.25, 0.3) is 21.3 Å². The summed E-state index contributed by atoms with van der Waals surface area (Å²) < 4.78 is 1.07. The molecule has 0 saturated heterocycles. The Kier molecular flexibility index (Phi) is 4.68. The molecule has 0 aliphatic rings. The number of anilines is 2. The van der Waals surface area contributed by atoms with Crippen molar-refractivity contribution in [3.05, 3.63) is 48.3 Å². The van der Waals surface area contributed by atoms with E-state index in [0.29, 0.717) is 12.2 Å². The highest BCUT2D eigenvalue weighted by Crippen LogP contribution is 2.33. The third-order valence-corrected chi connectivity index (χ3v) is 4.69. The summed E-state index contributed by atoms with van der Waals surface area (Å²) in [6.45, 7) is 7.64. The summed E-state index contributed by atoms with van der Waals surface area (Å²) in [6, 6.07) is 10.3. The summed E-state index contributed by atoms with van der Waals surface area (Å²) in [5.41, 5.74) is 10.8. The van der Waals surface area contributed by atoms with Crippen LogP contribution >= 0.6 is 11.3 Å². The quantitative estimate of drug-likeness (QED) is 0.703. The second-order valence-corrected chi connectivity index (χ2v) is 7.15. The number of nitrogens with two attached hydrogens (primary N) is 1. The molecule has 5 nitrogen and oxygen atoms in total. The van der Waals surface area contributed by atoms with Crippen LogP contribution in [0.1, 0.15) is 19.4 Å². The van der Waals surface area contributed by atoms with Crippen molar-refractivity contribution in [3.63, 3.8) is 0 Å². The zero-order valence-corrected chi connectivity index (χ0v) is 15.0. The molecule has 0 amide bonds. The Bertz CT molecular complexity index is 983. The summed E-state index contributed by atoms with van der Waals surface area (Å²) in [6.07, 6.45) is 2.40. The summed E-state index contributed by atoms with van der Waals surface area (Å²) in [5, 5.41) is 13.0. The van der Waals surface area contributed by atoms with Gasteiger partial charge in [0, 0.05) is 23.4 Å². The van der Waals surface area contributed by atoms with E-state index in [-0.39, 0.29) is 5.92 Å². The molecule has 0 radical (unpaired) electrons. The average molecular weight is 349 g/mol. The Balaban J connectivity index is 1.99. The average Bonchev–Trinajstić information content (AvgIpc) is 2.96. The molecule has 1 unspecified atom stereocenters. The van der Waals surface area contributed by atoms with Crippen molar-refractivity contribution < 1.29 is 0 Å². The molecule has 3 N–H and O–H groups in total. The molecule has 1 atom stereocenters. The van der Waals surface area contributed by atoms with E-state index in [9.17, 15) is 0 Å². The number of benzene rings is 1. The molecule has 2 heterocycles. The van der Waals surface area contributed by atoms with E-state index in [2.05, 4.69) is 34.0 Å². The smallest absolute Gasteiger partial charge is 0.188 e. The summed E-state index contributed by atoms with van der Waals surface area (Å²) in [7, 11) is 0. The Morgan fingerprint density at radius 3 is 2.96 bits per heavy atom. The molecule has 25 heavy (non-hydrogen) atoms. The Morgan fingerprint density at radius 2 is 2.24 bits per heavy atom. The van der Waals surface area contributed by atoms with Gasteiger partial charge in [0.1, 0.15) is 5.82 Å². The van der Waals surface area contributed by atoms with Gasteiger partial charge in [0.05, 0.1) is 16.3 Å². The summed E-state index contributed by atoms with van der Waals surface area (Å²) in [5.74, 6) is 0.426. The number of aromatic nitrogens is 2. The lowest BCUT2D eigenvalue weighted by Crippen LogP contribution is -2.00. The van der Waals surface area contributed by atoms with Crippen LogP contribution in [-0.4, -0.2) is 9.97 Å². The van der Waals surface area contributed by atoms with E-state index in [1.807, 2.05) is 32.0 Å². The van der Waals surface area contributed by atoms with Gasteiger partial charge in [-0.3, -0.25) is 0 Å². The SMILES string of the molecule is C=C(C)Nc1nc2ccc(-c3cc(CC(C)C#N)cnc3N)cc2s1. The van der Waals surface area contributed by atoms with Gasteiger partial charge in [-0.05, 0) is 49.6 Å². The minimum absolute atomic E-state index is 0.0574. The van der Waals surface area contributed by atoms with Crippen LogP contribution in [-0.2, 0) is 6.42 Å². The van der Waals surface area contributed by atoms with Crippen LogP contribution in [0.2, 0.25) is 0 Å². The predicted molar refractivity (Wildman–Crippen MR) is 104 cm³/mol. The molecule has 126 valence electrons. The third-order valence-electron chi connectivity index (χ3n) is 3.76. The number of hydrogen-bond donors (Lipinski definition) is 2. The summed E-state index contributed by atoms with van der Waals surface area (Å²) in [4.78, 5) is 8.84. The highest BCUT2D eigenvalue weighted by molar-refractivity contribution is 7.22. The van der Waals surface area contributed by atoms with Crippen LogP contribution in [0, 0.1) is 17.2 Å². The topological polar surface area (TPSA) is 87.6 Å². The largest absolute Gasteiger partial charge is 0.383 e. The van der Waals surface area contributed by atoms with Crippen molar-refractivity contribution in [3.8, 4) is 17.2 Å². The van der Waals surface area contributed by atoms with Gasteiger partial charge < -0.3 is 11.1 Å². The van der Waals surface area contributed by atoms with Crippen molar-refractivity contribution >= 4 is 32.5 Å². The van der Waals surface area contributed by atoms with Gasteiger partial charge in [-0.2, -0.15) is 5.26 Å². The van der Waals surface area contributed by atoms with Gasteiger partial charge in [0.15, 0.2) is 5.13 Å². The zero-order valence-electron chi connectivity index (χ0n) is 14.2. The van der Waals surface area contributed by atoms with Crippen LogP contribution < -0.4 is 11.1 Å². The zero-order chi connectivity index (χ0) is 18.0. The van der Waals surface area contributed by atoms with Crippen LogP contribution in [0.4, 0.5) is 10.9 Å². The normalized spacial score (nSPS) is 11.9. The molecule has 1 aromatic carbocycles. The van der Waals surface area contributed by atoms with Crippen LogP contribution in [0.15, 0.2) is 42.7 Å². The first-order chi connectivity index (χ1) is 12.0. The number of allylic oxidation sites excluding steroid dienone is 1. The highest BCUT2D eigenvalue weighted by Gasteiger charge is 2.11. The van der Waals surface area contributed by atoms with E-state index < -0.39 is 0 Å². The molecule has 0 aliphatic carbocycles. The highest BCUT2D eigenvalue weighted by atomic mass is 32.1. The lowest BCUT2D eigenvalue weighted by atomic mass is 9.99. The molecule has 0 aliphatic heterocycles. The first kappa shape index (κ1) is 16.9. The van der Waals surface area contributed by atoms with Gasteiger partial charge in [0.2, 0.25) is 0 Å². The number of nitrogens with zero attached hydrogens (tertiary/aromatic N) is 3. The number of hydrogen-bond acceptors (Lipinski definition) is 6. The lowest BCUT2D eigenvalue weighted by Gasteiger charge is -2.09. The van der Waals surface area contributed by atoms with Crippen molar-refractivity contribution in [1.29, 1.82) is 5.26 Å². The number of nitriles is 1. The number of thiazole rings is 1. The second kappa shape index (κ2) is 6.91. The number of nitrogen functional groups attached to an aromatic ring is 1. The van der Waals surface area contributed by atoms with Crippen molar-refractivity contribution in [1.82, 2.24) is 9.97 Å². The standard InChI is InChI=1S/C19H19N5S/c1-11(2)23-19-24-16-5-4-14(8-17(16)25-19)15-7-13(6-12(3)9-20)10-22-18(15)21/h4-5,7-8,10,12H,1,6H2,2-3H3,(H2,21,22)(H,23,24). The summed E-state index contributed by atoms with van der Waals surface area (Å²) >= 11 is 1.57. The first-order valence-corrected chi connectivity index (χ1v) is 8.75. The van der Waals surface area contributed by atoms with Gasteiger partial charge >= 0.3 is 0 Å². The number of pyridine rings is 1. The van der Waals surface area contributed by atoms with Crippen molar-refractivity contribution in [2.45, 2.75) is 20.3 Å². The number of nitrogens with one attached hydrogen (secondary N) is 1. The maximum absolute atomic E-state index is 9.01. The Hall–Kier alpha value is -2.91. The molecule has 0 bridgehead atoms. The molecule has 0 fully saturated rings. The van der Waals surface area contributed by atoms with E-state index in [4.69, 9.17) is 11.0 Å². The van der Waals surface area contributed by atoms with Gasteiger partial charge in [-0.15, -0.1) is 0 Å². The fourth-order valence-electron chi connectivity index (χ4n) is 2.59. The minimum atomic E-state index is -0.0574. The van der Waals surface area contributed by atoms with Gasteiger partial charge in [0.25, 0.3) is 0 Å². The van der Waals surface area contributed by atoms with Gasteiger partial charge in [-0.1, -0.05) is 24.0 Å². The van der Waals surface area contributed by atoms with E-state index in [1.165, 1.54) is 0 Å². The fourth-order valence-corrected chi connectivity index (χ4v) is 3.57. The minimum Gasteiger partial charge on any atom is -0.383 e. The molecule has 0 saturated carbocycles. The molecule has 3 rings (SSSR count). The Labute approximate surface area is 150 Å². The monoisotopic (exact) mass is 349 g/mol. The fraction of sp³-hybridized carbons (Fsp3) is 0.211. The van der Waals surface area contributed by atoms with Gasteiger partial charge in [-0.25, -0.2) is 9.97 Å². The lowest BCUT2D eigenvalue weighted by molar-refractivity contribution is 0.737. The molecular formula is C19H19N5S. The van der Waals surface area contributed by atoms with Crippen molar-refractivity contribution in [2.75, 3.05) is 11.1 Å². The van der Waals surface area contributed by atoms with Crippen LogP contribution in [0.5, 0.6) is 0 Å². The van der Waals surface area contributed by atoms with E-state index in [0.717, 1.165) is 37.7 Å². The second-order valence-electron chi connectivity index (χ2n) is 6.12. The number of fused-ring (bicyclic) bond motifs is 1. The first-order valence-electron chi connectivity index (χ1n) is 7.93. The Morgan fingerprint density at radius 1 is 1.44 bits per heavy atom. The maximum Gasteiger partial charge on any atom is 0.188 e. The maximum atomic E-state index is 9.01. The van der Waals surface area contributed by atoms with E-state index >= 15 is 0 Å². The number of rotatable bonds is 5. The predicted octanol–water partition coefficient (Wildman–Crippen LogP) is 4.59. The molecular weight excluding hydrogens is 330 g/mol. The molecule has 6 heteroatoms. The molecule has 2 aromatic heterocycles. The van der Waals surface area contributed by atoms with Crippen LogP contribution in [0.3, 0.4) is 0 Å².